The Morgan fingerprint density at radius 3 is 2.04 bits per heavy atom. The van der Waals surface area contributed by atoms with Crippen LogP contribution in [-0.4, -0.2) is 49.9 Å². The predicted molar refractivity (Wildman–Crippen MR) is 103 cm³/mol. The number of carboxylic acid groups (broad SMARTS) is 1. The second-order valence-electron chi connectivity index (χ2n) is 5.96. The van der Waals surface area contributed by atoms with Gasteiger partial charge < -0.3 is 10.2 Å². The van der Waals surface area contributed by atoms with Gasteiger partial charge in [0.1, 0.15) is 0 Å². The zero-order valence-electron chi connectivity index (χ0n) is 15.4. The van der Waals surface area contributed by atoms with Crippen molar-refractivity contribution < 1.29 is 15.0 Å². The second-order valence-corrected chi connectivity index (χ2v) is 8.50. The molecule has 0 aromatic rings. The first-order valence-electron chi connectivity index (χ1n) is 9.20. The summed E-state index contributed by atoms with van der Waals surface area (Å²) < 4.78 is 1.46. The molecule has 3 nitrogen and oxygen atoms in total. The van der Waals surface area contributed by atoms with E-state index < -0.39 is 11.4 Å². The Bertz CT molecular complexity index is 246. The molecule has 0 bridgehead atoms. The van der Waals surface area contributed by atoms with Crippen molar-refractivity contribution >= 4 is 40.3 Å². The minimum absolute atomic E-state index is 0.536. The van der Waals surface area contributed by atoms with Gasteiger partial charge in [0.05, 0.1) is 0 Å². The number of hydrogen-bond donors (Lipinski definition) is 2. The van der Waals surface area contributed by atoms with Gasteiger partial charge in [-0.05, 0) is 18.1 Å². The van der Waals surface area contributed by atoms with Gasteiger partial charge in [-0.1, -0.05) is 33.1 Å². The van der Waals surface area contributed by atoms with Crippen molar-refractivity contribution in [1.82, 2.24) is 0 Å². The molecule has 0 spiro atoms. The molecule has 0 fully saturated rings. The van der Waals surface area contributed by atoms with Gasteiger partial charge >= 0.3 is 78.4 Å². The summed E-state index contributed by atoms with van der Waals surface area (Å²) in [5.41, 5.74) is -1.26. The summed E-state index contributed by atoms with van der Waals surface area (Å²) in [6, 6.07) is 0. The molecule has 5 heteroatoms. The Morgan fingerprint density at radius 1 is 1.00 bits per heavy atom. The Kier molecular flexibility index (Phi) is 23.1. The van der Waals surface area contributed by atoms with Crippen LogP contribution in [0.15, 0.2) is 0 Å². The number of carboxylic acids is 1. The Balaban J connectivity index is 0. The molecular formula is C18H37O3SSn. The summed E-state index contributed by atoms with van der Waals surface area (Å²) in [4.78, 5) is 10.3. The van der Waals surface area contributed by atoms with Crippen LogP contribution in [0.2, 0.25) is 4.44 Å². The summed E-state index contributed by atoms with van der Waals surface area (Å²) in [5.74, 6) is 0.138. The number of unbranched alkanes of at least 4 members (excludes halogenated alkanes) is 6. The van der Waals surface area contributed by atoms with Crippen molar-refractivity contribution in [2.45, 2.75) is 94.9 Å². The molecule has 0 rings (SSSR count). The SMILES string of the molecule is CCCCC(CC)CSC(O)C(=O)O.CCCCCCC[CH2][Sn]. The summed E-state index contributed by atoms with van der Waals surface area (Å²) in [6.07, 6.45) is 13.2. The zero-order valence-corrected chi connectivity index (χ0v) is 19.0. The van der Waals surface area contributed by atoms with E-state index in [2.05, 4.69) is 20.8 Å². The Labute approximate surface area is 161 Å². The molecule has 0 aliphatic carbocycles. The van der Waals surface area contributed by atoms with Crippen LogP contribution in [-0.2, 0) is 4.79 Å². The molecule has 2 unspecified atom stereocenters. The fraction of sp³-hybridized carbons (Fsp3) is 0.944. The van der Waals surface area contributed by atoms with Crippen LogP contribution in [0, 0.1) is 5.92 Å². The molecule has 0 saturated carbocycles. The topological polar surface area (TPSA) is 57.5 Å². The zero-order chi connectivity index (χ0) is 17.9. The molecular weight excluding hydrogens is 415 g/mol. The van der Waals surface area contributed by atoms with Crippen LogP contribution in [0.4, 0.5) is 0 Å². The molecule has 2 atom stereocenters. The van der Waals surface area contributed by atoms with Crippen molar-refractivity contribution in [2.24, 2.45) is 5.92 Å². The molecule has 0 aliphatic heterocycles. The summed E-state index contributed by atoms with van der Waals surface area (Å²) >= 11 is 2.83. The van der Waals surface area contributed by atoms with Crippen molar-refractivity contribution in [3.05, 3.63) is 0 Å². The first-order chi connectivity index (χ1) is 11.0. The van der Waals surface area contributed by atoms with E-state index in [-0.39, 0.29) is 0 Å². The average molecular weight is 452 g/mol. The maximum atomic E-state index is 10.3. The van der Waals surface area contributed by atoms with Gasteiger partial charge in [-0.3, -0.25) is 0 Å². The molecule has 2 N–H and O–H groups in total. The molecule has 0 aromatic heterocycles. The Morgan fingerprint density at radius 2 is 1.57 bits per heavy atom. The number of aliphatic hydroxyl groups excluding tert-OH is 1. The molecule has 137 valence electrons. The van der Waals surface area contributed by atoms with Gasteiger partial charge in [0.15, 0.2) is 5.44 Å². The number of carbonyl (C=O) groups is 1. The van der Waals surface area contributed by atoms with Crippen LogP contribution < -0.4 is 0 Å². The first-order valence-corrected chi connectivity index (χ1v) is 12.3. The third-order valence-electron chi connectivity index (χ3n) is 3.77. The fourth-order valence-electron chi connectivity index (χ4n) is 2.10. The van der Waals surface area contributed by atoms with E-state index in [1.165, 1.54) is 55.8 Å². The van der Waals surface area contributed by atoms with E-state index in [9.17, 15) is 4.79 Å². The molecule has 0 aromatic carbocycles. The molecule has 0 amide bonds. The van der Waals surface area contributed by atoms with Gasteiger partial charge in [0, 0.05) is 0 Å². The predicted octanol–water partition coefficient (Wildman–Crippen LogP) is 5.27. The molecule has 0 saturated heterocycles. The van der Waals surface area contributed by atoms with E-state index in [0.717, 1.165) is 30.4 Å². The number of thioether (sulfide) groups is 1. The Hall–Kier alpha value is 0.579. The van der Waals surface area contributed by atoms with Crippen molar-refractivity contribution in [3.8, 4) is 0 Å². The van der Waals surface area contributed by atoms with E-state index in [4.69, 9.17) is 10.2 Å². The van der Waals surface area contributed by atoms with Gasteiger partial charge in [-0.15, -0.1) is 11.8 Å². The molecule has 0 heterocycles. The van der Waals surface area contributed by atoms with Gasteiger partial charge in [0.25, 0.3) is 0 Å². The van der Waals surface area contributed by atoms with E-state index in [0.29, 0.717) is 5.92 Å². The van der Waals surface area contributed by atoms with E-state index >= 15 is 0 Å². The summed E-state index contributed by atoms with van der Waals surface area (Å²) in [7, 11) is 0. The van der Waals surface area contributed by atoms with E-state index in [1.807, 2.05) is 0 Å². The van der Waals surface area contributed by atoms with Crippen molar-refractivity contribution in [1.29, 1.82) is 0 Å². The molecule has 3 radical (unpaired) electrons. The first kappa shape index (κ1) is 25.8. The van der Waals surface area contributed by atoms with Crippen LogP contribution >= 0.6 is 11.8 Å². The normalized spacial score (nSPS) is 13.1. The molecule has 0 aliphatic rings. The van der Waals surface area contributed by atoms with Crippen molar-refractivity contribution in [3.63, 3.8) is 0 Å². The van der Waals surface area contributed by atoms with E-state index in [1.54, 1.807) is 22.5 Å². The summed E-state index contributed by atoms with van der Waals surface area (Å²) in [5, 5.41) is 17.5. The molecule has 23 heavy (non-hydrogen) atoms. The number of aliphatic carboxylic acids is 1. The van der Waals surface area contributed by atoms with Crippen molar-refractivity contribution in [2.75, 3.05) is 5.75 Å². The number of hydrogen-bond acceptors (Lipinski definition) is 3. The average Bonchev–Trinajstić information content (AvgIpc) is 2.55. The van der Waals surface area contributed by atoms with Gasteiger partial charge in [0.2, 0.25) is 0 Å². The van der Waals surface area contributed by atoms with Crippen LogP contribution in [0.5, 0.6) is 0 Å². The summed E-state index contributed by atoms with van der Waals surface area (Å²) in [6.45, 7) is 6.52. The standard InChI is InChI=1S/C10H20O3S.C8H17.Sn/c1-3-5-6-8(4-2)7-14-10(13)9(11)12;1-3-5-7-8-6-4-2;/h8,10,13H,3-7H2,1-2H3,(H,11,12);1,3-8H2,2H3;. The van der Waals surface area contributed by atoms with Crippen LogP contribution in [0.1, 0.15) is 85.0 Å². The minimum atomic E-state index is -1.26. The second kappa shape index (κ2) is 20.6. The number of aliphatic hydroxyl groups is 1. The third kappa shape index (κ3) is 20.5. The third-order valence-corrected chi connectivity index (χ3v) is 5.96. The van der Waals surface area contributed by atoms with Crippen LogP contribution in [0.25, 0.3) is 0 Å². The van der Waals surface area contributed by atoms with Crippen LogP contribution in [0.3, 0.4) is 0 Å². The maximum absolute atomic E-state index is 10.3. The quantitative estimate of drug-likeness (QED) is 0.214. The van der Waals surface area contributed by atoms with Gasteiger partial charge in [-0.25, -0.2) is 4.79 Å². The fourth-order valence-corrected chi connectivity index (χ4v) is 3.81. The number of rotatable bonds is 14. The monoisotopic (exact) mass is 453 g/mol. The van der Waals surface area contributed by atoms with Gasteiger partial charge in [-0.2, -0.15) is 0 Å².